The number of alkyl halides is 4. The third-order valence-electron chi connectivity index (χ3n) is 4.32. The van der Waals surface area contributed by atoms with E-state index >= 15 is 0 Å². The first-order valence-electron chi connectivity index (χ1n) is 7.46. The number of nitriles is 1. The Hall–Kier alpha value is -2.50. The van der Waals surface area contributed by atoms with Crippen LogP contribution < -0.4 is 9.47 Å². The number of rotatable bonds is 6. The van der Waals surface area contributed by atoms with Gasteiger partial charge in [0.25, 0.3) is 0 Å². The van der Waals surface area contributed by atoms with E-state index in [2.05, 4.69) is 9.47 Å². The van der Waals surface area contributed by atoms with Gasteiger partial charge >= 0.3 is 19.2 Å². The van der Waals surface area contributed by atoms with Crippen LogP contribution in [0.2, 0.25) is 0 Å². The molecule has 136 valence electrons. The van der Waals surface area contributed by atoms with E-state index in [0.717, 1.165) is 6.07 Å². The number of carboxylic acid groups (broad SMARTS) is 1. The molecule has 0 spiro atoms. The summed E-state index contributed by atoms with van der Waals surface area (Å²) in [5.41, 5.74) is -1.31. The van der Waals surface area contributed by atoms with E-state index in [9.17, 15) is 27.6 Å². The van der Waals surface area contributed by atoms with Crippen molar-refractivity contribution >= 4 is 5.97 Å². The molecule has 0 saturated heterocycles. The maximum Gasteiger partial charge on any atom is 0.387 e. The van der Waals surface area contributed by atoms with Gasteiger partial charge in [-0.3, -0.25) is 4.79 Å². The first-order chi connectivity index (χ1) is 11.8. The summed E-state index contributed by atoms with van der Waals surface area (Å²) < 4.78 is 59.2. The zero-order valence-electron chi connectivity index (χ0n) is 12.9. The predicted octanol–water partition coefficient (Wildman–Crippen LogP) is 3.93. The molecular formula is C16H15F4NO4. The fourth-order valence-electron chi connectivity index (χ4n) is 3.09. The van der Waals surface area contributed by atoms with Crippen molar-refractivity contribution in [3.63, 3.8) is 0 Å². The number of para-hydroxylation sites is 1. The molecule has 1 aliphatic rings. The summed E-state index contributed by atoms with van der Waals surface area (Å²) in [7, 11) is 0. The molecule has 1 fully saturated rings. The van der Waals surface area contributed by atoms with Crippen molar-refractivity contribution in [3.05, 3.63) is 23.8 Å². The molecule has 0 atom stereocenters. The van der Waals surface area contributed by atoms with Gasteiger partial charge in [-0.05, 0) is 31.7 Å². The highest BCUT2D eigenvalue weighted by Gasteiger charge is 2.42. The molecule has 0 aliphatic heterocycles. The van der Waals surface area contributed by atoms with Crippen LogP contribution in [0.1, 0.15) is 31.2 Å². The zero-order valence-corrected chi connectivity index (χ0v) is 12.9. The van der Waals surface area contributed by atoms with E-state index < -0.39 is 42.0 Å². The molecule has 9 heteroatoms. The molecule has 5 nitrogen and oxygen atoms in total. The second kappa shape index (κ2) is 7.59. The lowest BCUT2D eigenvalue weighted by Gasteiger charge is -2.35. The van der Waals surface area contributed by atoms with Crippen LogP contribution in [0.4, 0.5) is 17.6 Å². The van der Waals surface area contributed by atoms with Crippen LogP contribution in [0, 0.1) is 17.2 Å². The van der Waals surface area contributed by atoms with E-state index in [1.165, 1.54) is 12.1 Å². The van der Waals surface area contributed by atoms with Crippen LogP contribution >= 0.6 is 0 Å². The topological polar surface area (TPSA) is 79.5 Å². The number of carboxylic acids is 1. The van der Waals surface area contributed by atoms with Crippen LogP contribution in [0.5, 0.6) is 11.5 Å². The molecule has 1 N–H and O–H groups in total. The molecule has 0 aromatic heterocycles. The van der Waals surface area contributed by atoms with Gasteiger partial charge in [0.05, 0.1) is 17.4 Å². The highest BCUT2D eigenvalue weighted by Crippen LogP contribution is 2.48. The second-order valence-electron chi connectivity index (χ2n) is 5.70. The van der Waals surface area contributed by atoms with Crippen molar-refractivity contribution in [1.82, 2.24) is 0 Å². The summed E-state index contributed by atoms with van der Waals surface area (Å²) in [5, 5.41) is 18.7. The van der Waals surface area contributed by atoms with Crippen LogP contribution in [0.3, 0.4) is 0 Å². The zero-order chi connectivity index (χ0) is 18.6. The van der Waals surface area contributed by atoms with E-state index in [0.29, 0.717) is 0 Å². The Kier molecular flexibility index (Phi) is 5.72. The number of ether oxygens (including phenoxy) is 2. The summed E-state index contributed by atoms with van der Waals surface area (Å²) in [6, 6.07) is 5.70. The Labute approximate surface area is 140 Å². The normalized spacial score (nSPS) is 23.3. The van der Waals surface area contributed by atoms with Gasteiger partial charge in [0.1, 0.15) is 0 Å². The average molecular weight is 361 g/mol. The largest absolute Gasteiger partial charge is 0.481 e. The SMILES string of the molecule is N#CC1(c2cccc(OC(F)F)c2OC(F)F)CCC(C(=O)O)CC1. The minimum absolute atomic E-state index is 0.00251. The molecular weight excluding hydrogens is 346 g/mol. The molecule has 2 rings (SSSR count). The number of aliphatic carboxylic acids is 1. The van der Waals surface area contributed by atoms with E-state index in [1.54, 1.807) is 0 Å². The highest BCUT2D eigenvalue weighted by molar-refractivity contribution is 5.70. The Bertz CT molecular complexity index is 667. The molecule has 0 bridgehead atoms. The van der Waals surface area contributed by atoms with E-state index in [4.69, 9.17) is 5.11 Å². The van der Waals surface area contributed by atoms with Crippen molar-refractivity contribution in [2.75, 3.05) is 0 Å². The third-order valence-corrected chi connectivity index (χ3v) is 4.32. The molecule has 1 aliphatic carbocycles. The number of nitrogens with zero attached hydrogens (tertiary/aromatic N) is 1. The number of hydrogen-bond acceptors (Lipinski definition) is 4. The highest BCUT2D eigenvalue weighted by atomic mass is 19.3. The first-order valence-corrected chi connectivity index (χ1v) is 7.46. The summed E-state index contributed by atoms with van der Waals surface area (Å²) in [5.74, 6) is -2.84. The van der Waals surface area contributed by atoms with Gasteiger partial charge in [0, 0.05) is 5.56 Å². The molecule has 25 heavy (non-hydrogen) atoms. The maximum atomic E-state index is 12.8. The second-order valence-corrected chi connectivity index (χ2v) is 5.70. The molecule has 0 amide bonds. The monoisotopic (exact) mass is 361 g/mol. The van der Waals surface area contributed by atoms with Crippen molar-refractivity contribution < 1.29 is 36.9 Å². The summed E-state index contributed by atoms with van der Waals surface area (Å²) in [6.07, 6.45) is 0.490. The van der Waals surface area contributed by atoms with Crippen molar-refractivity contribution in [3.8, 4) is 17.6 Å². The number of carbonyl (C=O) groups is 1. The summed E-state index contributed by atoms with van der Waals surface area (Å²) in [6.45, 7) is -6.55. The van der Waals surface area contributed by atoms with E-state index in [-0.39, 0.29) is 31.2 Å². The fraction of sp³-hybridized carbons (Fsp3) is 0.500. The Morgan fingerprint density at radius 1 is 1.20 bits per heavy atom. The van der Waals surface area contributed by atoms with Gasteiger partial charge in [-0.15, -0.1) is 0 Å². The molecule has 1 aromatic carbocycles. The molecule has 1 saturated carbocycles. The third kappa shape index (κ3) is 4.13. The Balaban J connectivity index is 2.45. The Morgan fingerprint density at radius 3 is 2.28 bits per heavy atom. The lowest BCUT2D eigenvalue weighted by molar-refractivity contribution is -0.143. The standard InChI is InChI=1S/C16H15F4NO4/c17-14(18)24-11-3-1-2-10(12(11)25-15(19)20)16(8-21)6-4-9(5-7-16)13(22)23/h1-3,9,14-15H,4-7H2,(H,22,23). The number of hydrogen-bond donors (Lipinski definition) is 1. The van der Waals surface area contributed by atoms with E-state index in [1.807, 2.05) is 6.07 Å². The smallest absolute Gasteiger partial charge is 0.387 e. The van der Waals surface area contributed by atoms with Gasteiger partial charge < -0.3 is 14.6 Å². The Morgan fingerprint density at radius 2 is 1.80 bits per heavy atom. The molecule has 0 unspecified atom stereocenters. The first kappa shape index (κ1) is 18.8. The van der Waals surface area contributed by atoms with Crippen LogP contribution in [-0.4, -0.2) is 24.3 Å². The van der Waals surface area contributed by atoms with Gasteiger partial charge in [0.2, 0.25) is 0 Å². The predicted molar refractivity (Wildman–Crippen MR) is 76.6 cm³/mol. The quantitative estimate of drug-likeness (QED) is 0.777. The fourth-order valence-corrected chi connectivity index (χ4v) is 3.09. The number of benzene rings is 1. The molecule has 0 heterocycles. The van der Waals surface area contributed by atoms with Gasteiger partial charge in [-0.1, -0.05) is 12.1 Å². The van der Waals surface area contributed by atoms with Crippen molar-refractivity contribution in [2.45, 2.75) is 44.3 Å². The van der Waals surface area contributed by atoms with Crippen molar-refractivity contribution in [1.29, 1.82) is 5.26 Å². The maximum absolute atomic E-state index is 12.8. The van der Waals surface area contributed by atoms with Gasteiger partial charge in [0.15, 0.2) is 11.5 Å². The summed E-state index contributed by atoms with van der Waals surface area (Å²) >= 11 is 0. The minimum Gasteiger partial charge on any atom is -0.481 e. The minimum atomic E-state index is -3.30. The summed E-state index contributed by atoms with van der Waals surface area (Å²) in [4.78, 5) is 11.1. The van der Waals surface area contributed by atoms with Crippen LogP contribution in [-0.2, 0) is 10.2 Å². The average Bonchev–Trinajstić information content (AvgIpc) is 2.55. The lowest BCUT2D eigenvalue weighted by Crippen LogP contribution is -2.33. The lowest BCUT2D eigenvalue weighted by atomic mass is 9.67. The van der Waals surface area contributed by atoms with Crippen molar-refractivity contribution in [2.24, 2.45) is 5.92 Å². The van der Waals surface area contributed by atoms with Crippen LogP contribution in [0.25, 0.3) is 0 Å². The number of halogens is 4. The molecule has 0 radical (unpaired) electrons. The van der Waals surface area contributed by atoms with Gasteiger partial charge in [-0.25, -0.2) is 0 Å². The van der Waals surface area contributed by atoms with Crippen LogP contribution in [0.15, 0.2) is 18.2 Å². The molecule has 1 aromatic rings. The van der Waals surface area contributed by atoms with Gasteiger partial charge in [-0.2, -0.15) is 22.8 Å².